The van der Waals surface area contributed by atoms with Crippen LogP contribution in [0.3, 0.4) is 0 Å². The van der Waals surface area contributed by atoms with E-state index in [1.807, 2.05) is 61.3 Å². The lowest BCUT2D eigenvalue weighted by Crippen LogP contribution is -2.29. The molecule has 1 saturated heterocycles. The molecule has 25 heavy (non-hydrogen) atoms. The smallest absolute Gasteiger partial charge is 0.160 e. The van der Waals surface area contributed by atoms with Crippen LogP contribution in [0.15, 0.2) is 47.6 Å². The van der Waals surface area contributed by atoms with Crippen LogP contribution in [-0.2, 0) is 0 Å². The van der Waals surface area contributed by atoms with Crippen LogP contribution in [0.25, 0.3) is 0 Å². The van der Waals surface area contributed by atoms with Crippen LogP contribution in [0.5, 0.6) is 5.75 Å². The van der Waals surface area contributed by atoms with Crippen LogP contribution < -0.4 is 4.74 Å². The second-order valence-electron chi connectivity index (χ2n) is 6.25. The Hall–Kier alpha value is -1.72. The Balaban J connectivity index is 1.81. The number of hydrogen-bond donors (Lipinski definition) is 0. The van der Waals surface area contributed by atoms with Gasteiger partial charge < -0.3 is 9.64 Å². The summed E-state index contributed by atoms with van der Waals surface area (Å²) in [5, 5.41) is 2.34. The number of pyridine rings is 1. The summed E-state index contributed by atoms with van der Waals surface area (Å²) < 4.78 is 5.90. The second-order valence-corrected chi connectivity index (χ2v) is 8.09. The zero-order valence-corrected chi connectivity index (χ0v) is 15.8. The number of benzene rings is 1. The van der Waals surface area contributed by atoms with Gasteiger partial charge in [0.05, 0.1) is 18.3 Å². The summed E-state index contributed by atoms with van der Waals surface area (Å²) >= 11 is 8.16. The number of nitrogens with zero attached hydrogens (tertiary/aromatic N) is 3. The molecular weight excluding hydrogens is 354 g/mol. The molecule has 4 nitrogen and oxygen atoms in total. The van der Waals surface area contributed by atoms with Gasteiger partial charge in [0.25, 0.3) is 0 Å². The number of halogens is 1. The maximum absolute atomic E-state index is 6.33. The van der Waals surface area contributed by atoms with E-state index in [2.05, 4.69) is 16.8 Å². The molecule has 3 heterocycles. The number of fused-ring (bicyclic) bond motifs is 1. The number of ether oxygens (including phenoxy) is 1. The first-order valence-electron chi connectivity index (χ1n) is 8.51. The maximum atomic E-state index is 6.33. The highest BCUT2D eigenvalue weighted by molar-refractivity contribution is 8.14. The van der Waals surface area contributed by atoms with Gasteiger partial charge in [-0.25, -0.2) is 0 Å². The molecule has 2 aromatic rings. The molecule has 0 spiro atoms. The van der Waals surface area contributed by atoms with Gasteiger partial charge in [-0.05, 0) is 37.3 Å². The molecule has 1 fully saturated rings. The molecule has 0 amide bonds. The van der Waals surface area contributed by atoms with E-state index in [9.17, 15) is 0 Å². The van der Waals surface area contributed by atoms with Crippen molar-refractivity contribution >= 4 is 28.5 Å². The van der Waals surface area contributed by atoms with Crippen molar-refractivity contribution in [3.05, 3.63) is 58.9 Å². The number of thioether (sulfide) groups is 1. The Morgan fingerprint density at radius 1 is 1.32 bits per heavy atom. The van der Waals surface area contributed by atoms with Gasteiger partial charge >= 0.3 is 0 Å². The highest BCUT2D eigenvalue weighted by Crippen LogP contribution is 2.49. The van der Waals surface area contributed by atoms with Crippen LogP contribution >= 0.6 is 23.4 Å². The Bertz CT molecular complexity index is 799. The van der Waals surface area contributed by atoms with Crippen molar-refractivity contribution in [2.24, 2.45) is 4.99 Å². The molecule has 0 unspecified atom stereocenters. The minimum absolute atomic E-state index is 0.0473. The van der Waals surface area contributed by atoms with Crippen LogP contribution in [0, 0.1) is 0 Å². The monoisotopic (exact) mass is 373 g/mol. The molecule has 4 rings (SSSR count). The summed E-state index contributed by atoms with van der Waals surface area (Å²) in [5.41, 5.74) is 2.06. The van der Waals surface area contributed by atoms with Crippen molar-refractivity contribution in [1.29, 1.82) is 0 Å². The minimum atomic E-state index is -0.0473. The molecule has 2 aliphatic rings. The first-order chi connectivity index (χ1) is 12.2. The molecule has 0 radical (unpaired) electrons. The lowest BCUT2D eigenvalue weighted by molar-refractivity contribution is 0.292. The van der Waals surface area contributed by atoms with Gasteiger partial charge in [0.1, 0.15) is 11.8 Å². The van der Waals surface area contributed by atoms with Crippen molar-refractivity contribution in [2.75, 3.05) is 13.2 Å². The molecule has 6 heteroatoms. The number of amidine groups is 1. The average molecular weight is 374 g/mol. The van der Waals surface area contributed by atoms with Crippen LogP contribution in [0.4, 0.5) is 0 Å². The summed E-state index contributed by atoms with van der Waals surface area (Å²) in [5.74, 6) is 0.874. The molecule has 0 bridgehead atoms. The van der Waals surface area contributed by atoms with Gasteiger partial charge in [-0.3, -0.25) is 9.98 Å². The van der Waals surface area contributed by atoms with Gasteiger partial charge in [-0.1, -0.05) is 36.4 Å². The fourth-order valence-electron chi connectivity index (χ4n) is 3.49. The third kappa shape index (κ3) is 3.11. The van der Waals surface area contributed by atoms with E-state index in [1.54, 1.807) is 0 Å². The highest BCUT2D eigenvalue weighted by Gasteiger charge is 2.44. The van der Waals surface area contributed by atoms with E-state index in [4.69, 9.17) is 21.3 Å². The minimum Gasteiger partial charge on any atom is -0.494 e. The third-order valence-electron chi connectivity index (χ3n) is 4.47. The van der Waals surface area contributed by atoms with Crippen molar-refractivity contribution in [3.8, 4) is 5.75 Å². The van der Waals surface area contributed by atoms with Gasteiger partial charge in [0.15, 0.2) is 5.17 Å². The van der Waals surface area contributed by atoms with E-state index in [0.717, 1.165) is 28.7 Å². The number of aliphatic imine (C=N–C) groups is 1. The van der Waals surface area contributed by atoms with E-state index in [-0.39, 0.29) is 12.1 Å². The zero-order chi connectivity index (χ0) is 17.4. The Morgan fingerprint density at radius 2 is 2.20 bits per heavy atom. The average Bonchev–Trinajstić information content (AvgIpc) is 3.13. The number of aromatic nitrogens is 1. The van der Waals surface area contributed by atoms with Crippen molar-refractivity contribution in [1.82, 2.24) is 9.88 Å². The number of hydrogen-bond acceptors (Lipinski definition) is 5. The van der Waals surface area contributed by atoms with Gasteiger partial charge in [0, 0.05) is 28.6 Å². The van der Waals surface area contributed by atoms with Crippen LogP contribution in [0.2, 0.25) is 5.02 Å². The largest absolute Gasteiger partial charge is 0.494 e. The SMILES string of the molecule is CCOc1ccc(Cl)cc1[C@@H]1[C@H](c2ccccn2)N=C2S[C@H](C)CN21. The van der Waals surface area contributed by atoms with E-state index in [0.29, 0.717) is 16.9 Å². The summed E-state index contributed by atoms with van der Waals surface area (Å²) in [6.45, 7) is 5.82. The number of rotatable bonds is 4. The van der Waals surface area contributed by atoms with Crippen molar-refractivity contribution < 1.29 is 4.74 Å². The molecule has 0 saturated carbocycles. The third-order valence-corrected chi connectivity index (χ3v) is 5.81. The first-order valence-corrected chi connectivity index (χ1v) is 9.77. The Labute approximate surface area is 157 Å². The van der Waals surface area contributed by atoms with Crippen LogP contribution in [-0.4, -0.2) is 33.5 Å². The molecule has 3 atom stereocenters. The molecule has 2 aliphatic heterocycles. The predicted molar refractivity (Wildman–Crippen MR) is 104 cm³/mol. The normalized spacial score (nSPS) is 25.0. The summed E-state index contributed by atoms with van der Waals surface area (Å²) in [7, 11) is 0. The Kier molecular flexibility index (Phi) is 4.61. The second kappa shape index (κ2) is 6.89. The molecule has 0 aliphatic carbocycles. The van der Waals surface area contributed by atoms with E-state index in [1.165, 1.54) is 0 Å². The first kappa shape index (κ1) is 16.7. The molecule has 0 N–H and O–H groups in total. The van der Waals surface area contributed by atoms with Crippen molar-refractivity contribution in [3.63, 3.8) is 0 Å². The standard InChI is InChI=1S/C19H20ClN3OS/c1-3-24-16-8-7-13(20)10-14(16)18-17(15-6-4-5-9-21-15)22-19-23(18)11-12(2)25-19/h4-10,12,17-18H,3,11H2,1-2H3/t12-,17+,18-/m1/s1. The van der Waals surface area contributed by atoms with E-state index < -0.39 is 0 Å². The lowest BCUT2D eigenvalue weighted by Gasteiger charge is -2.29. The quantitative estimate of drug-likeness (QED) is 0.776. The maximum Gasteiger partial charge on any atom is 0.160 e. The van der Waals surface area contributed by atoms with Crippen molar-refractivity contribution in [2.45, 2.75) is 31.2 Å². The van der Waals surface area contributed by atoms with Gasteiger partial charge in [0.2, 0.25) is 0 Å². The zero-order valence-electron chi connectivity index (χ0n) is 14.2. The lowest BCUT2D eigenvalue weighted by atomic mass is 9.95. The topological polar surface area (TPSA) is 37.7 Å². The molecule has 130 valence electrons. The van der Waals surface area contributed by atoms with Gasteiger partial charge in [-0.15, -0.1) is 0 Å². The predicted octanol–water partition coefficient (Wildman–Crippen LogP) is 4.72. The summed E-state index contributed by atoms with van der Waals surface area (Å²) in [6, 6.07) is 11.9. The Morgan fingerprint density at radius 3 is 2.96 bits per heavy atom. The summed E-state index contributed by atoms with van der Waals surface area (Å²) in [4.78, 5) is 11.9. The van der Waals surface area contributed by atoms with Crippen LogP contribution in [0.1, 0.15) is 37.2 Å². The molecule has 1 aromatic carbocycles. The summed E-state index contributed by atoms with van der Waals surface area (Å²) in [6.07, 6.45) is 1.83. The molecule has 1 aromatic heterocycles. The fourth-order valence-corrected chi connectivity index (χ4v) is 4.76. The molecular formula is C19H20ClN3OS. The van der Waals surface area contributed by atoms with Gasteiger partial charge in [-0.2, -0.15) is 0 Å². The van der Waals surface area contributed by atoms with E-state index >= 15 is 0 Å². The fraction of sp³-hybridized carbons (Fsp3) is 0.368. The highest BCUT2D eigenvalue weighted by atomic mass is 35.5.